The van der Waals surface area contributed by atoms with Gasteiger partial charge in [-0.3, -0.25) is 9.59 Å². The average Bonchev–Trinajstić information content (AvgIpc) is 2.40. The molecule has 1 aromatic rings. The largest absolute Gasteiger partial charge is 0.343 e. The summed E-state index contributed by atoms with van der Waals surface area (Å²) in [7, 11) is 0. The highest BCUT2D eigenvalue weighted by Crippen LogP contribution is 2.21. The summed E-state index contributed by atoms with van der Waals surface area (Å²) in [5.74, 6) is -0.750. The second-order valence-electron chi connectivity index (χ2n) is 4.86. The Morgan fingerprint density at radius 2 is 2.10 bits per heavy atom. The molecule has 6 heteroatoms. The van der Waals surface area contributed by atoms with E-state index in [1.807, 2.05) is 6.92 Å². The van der Waals surface area contributed by atoms with Gasteiger partial charge in [0.05, 0.1) is 0 Å². The third kappa shape index (κ3) is 2.85. The molecule has 4 nitrogen and oxygen atoms in total. The van der Waals surface area contributed by atoms with E-state index in [0.717, 1.165) is 4.47 Å². The average molecular weight is 343 g/mol. The number of carbonyl (C=O) groups is 2. The van der Waals surface area contributed by atoms with Crippen LogP contribution in [0.1, 0.15) is 25.8 Å². The van der Waals surface area contributed by atoms with Crippen LogP contribution in [0.15, 0.2) is 22.7 Å². The number of amides is 2. The maximum absolute atomic E-state index is 13.8. The zero-order valence-electron chi connectivity index (χ0n) is 11.3. The van der Waals surface area contributed by atoms with Gasteiger partial charge in [-0.15, -0.1) is 0 Å². The lowest BCUT2D eigenvalue weighted by Gasteiger charge is -2.37. The molecular formula is C14H16BrFN2O2. The van der Waals surface area contributed by atoms with Crippen LogP contribution in [0.3, 0.4) is 0 Å². The quantitative estimate of drug-likeness (QED) is 0.915. The SMILES string of the molecule is CCC1C(=O)NC(C)C(=O)N1Cc1cc(Br)ccc1F. The van der Waals surface area contributed by atoms with Crippen molar-refractivity contribution in [3.63, 3.8) is 0 Å². The molecule has 1 heterocycles. The minimum Gasteiger partial charge on any atom is -0.343 e. The molecule has 108 valence electrons. The number of hydrogen-bond donors (Lipinski definition) is 1. The number of piperazine rings is 1. The highest BCUT2D eigenvalue weighted by atomic mass is 79.9. The second kappa shape index (κ2) is 5.91. The molecule has 2 unspecified atom stereocenters. The van der Waals surface area contributed by atoms with E-state index in [1.165, 1.54) is 11.0 Å². The van der Waals surface area contributed by atoms with E-state index in [0.29, 0.717) is 12.0 Å². The Morgan fingerprint density at radius 3 is 2.75 bits per heavy atom. The van der Waals surface area contributed by atoms with E-state index in [9.17, 15) is 14.0 Å². The Balaban J connectivity index is 2.30. The number of halogens is 2. The van der Waals surface area contributed by atoms with E-state index in [4.69, 9.17) is 0 Å². The first-order valence-corrected chi connectivity index (χ1v) is 7.28. The standard InChI is InChI=1S/C14H16BrFN2O2/c1-3-12-13(19)17-8(2)14(20)18(12)7-9-6-10(15)4-5-11(9)16/h4-6,8,12H,3,7H2,1-2H3,(H,17,19). The highest BCUT2D eigenvalue weighted by molar-refractivity contribution is 9.10. The first-order chi connectivity index (χ1) is 9.43. The van der Waals surface area contributed by atoms with Crippen molar-refractivity contribution in [1.29, 1.82) is 0 Å². The van der Waals surface area contributed by atoms with Crippen LogP contribution in [-0.4, -0.2) is 28.8 Å². The number of rotatable bonds is 3. The Kier molecular flexibility index (Phi) is 4.42. The predicted octanol–water partition coefficient (Wildman–Crippen LogP) is 2.21. The summed E-state index contributed by atoms with van der Waals surface area (Å²) in [4.78, 5) is 25.6. The van der Waals surface area contributed by atoms with Crippen molar-refractivity contribution in [1.82, 2.24) is 10.2 Å². The van der Waals surface area contributed by atoms with Crippen molar-refractivity contribution in [2.45, 2.75) is 38.9 Å². The number of nitrogens with one attached hydrogen (secondary N) is 1. The molecule has 20 heavy (non-hydrogen) atoms. The van der Waals surface area contributed by atoms with Gasteiger partial charge >= 0.3 is 0 Å². The van der Waals surface area contributed by atoms with Crippen molar-refractivity contribution in [3.8, 4) is 0 Å². The maximum atomic E-state index is 13.8. The molecule has 0 saturated carbocycles. The van der Waals surface area contributed by atoms with Crippen molar-refractivity contribution in [2.75, 3.05) is 0 Å². The Labute approximate surface area is 125 Å². The molecule has 2 rings (SSSR count). The van der Waals surface area contributed by atoms with Crippen LogP contribution in [0.2, 0.25) is 0 Å². The molecule has 1 N–H and O–H groups in total. The van der Waals surface area contributed by atoms with E-state index in [-0.39, 0.29) is 24.2 Å². The fraction of sp³-hybridized carbons (Fsp3) is 0.429. The lowest BCUT2D eigenvalue weighted by atomic mass is 10.0. The van der Waals surface area contributed by atoms with Crippen molar-refractivity contribution in [2.24, 2.45) is 0 Å². The van der Waals surface area contributed by atoms with Crippen LogP contribution in [-0.2, 0) is 16.1 Å². The molecule has 1 saturated heterocycles. The van der Waals surface area contributed by atoms with Crippen molar-refractivity contribution in [3.05, 3.63) is 34.1 Å². The van der Waals surface area contributed by atoms with Gasteiger partial charge < -0.3 is 10.2 Å². The summed E-state index contributed by atoms with van der Waals surface area (Å²) in [6, 6.07) is 3.46. The van der Waals surface area contributed by atoms with Gasteiger partial charge in [0.1, 0.15) is 17.9 Å². The first kappa shape index (κ1) is 15.0. The number of benzene rings is 1. The van der Waals surface area contributed by atoms with Crippen LogP contribution in [0.4, 0.5) is 4.39 Å². The fourth-order valence-electron chi connectivity index (χ4n) is 2.36. The van der Waals surface area contributed by atoms with E-state index in [2.05, 4.69) is 21.2 Å². The van der Waals surface area contributed by atoms with E-state index >= 15 is 0 Å². The summed E-state index contributed by atoms with van der Waals surface area (Å²) in [5.41, 5.74) is 0.396. The highest BCUT2D eigenvalue weighted by Gasteiger charge is 2.37. The number of hydrogen-bond acceptors (Lipinski definition) is 2. The van der Waals surface area contributed by atoms with Gasteiger partial charge in [0.2, 0.25) is 11.8 Å². The predicted molar refractivity (Wildman–Crippen MR) is 76.3 cm³/mol. The zero-order valence-corrected chi connectivity index (χ0v) is 12.9. The minimum absolute atomic E-state index is 0.0976. The molecule has 1 aromatic carbocycles. The molecule has 1 aliphatic heterocycles. The van der Waals surface area contributed by atoms with Gasteiger partial charge in [-0.05, 0) is 31.5 Å². The third-order valence-corrected chi connectivity index (χ3v) is 3.92. The first-order valence-electron chi connectivity index (χ1n) is 6.48. The number of nitrogens with zero attached hydrogens (tertiary/aromatic N) is 1. The summed E-state index contributed by atoms with van der Waals surface area (Å²) >= 11 is 3.28. The second-order valence-corrected chi connectivity index (χ2v) is 5.77. The minimum atomic E-state index is -0.569. The molecular weight excluding hydrogens is 327 g/mol. The summed E-state index contributed by atoms with van der Waals surface area (Å²) < 4.78 is 14.6. The van der Waals surface area contributed by atoms with Crippen molar-refractivity contribution >= 4 is 27.7 Å². The fourth-order valence-corrected chi connectivity index (χ4v) is 2.77. The van der Waals surface area contributed by atoms with Crippen LogP contribution >= 0.6 is 15.9 Å². The maximum Gasteiger partial charge on any atom is 0.245 e. The molecule has 1 fully saturated rings. The van der Waals surface area contributed by atoms with E-state index < -0.39 is 12.1 Å². The molecule has 2 atom stereocenters. The molecule has 1 aliphatic rings. The monoisotopic (exact) mass is 342 g/mol. The third-order valence-electron chi connectivity index (χ3n) is 3.43. The normalized spacial score (nSPS) is 22.9. The number of carbonyl (C=O) groups excluding carboxylic acids is 2. The van der Waals surface area contributed by atoms with E-state index in [1.54, 1.807) is 19.1 Å². The topological polar surface area (TPSA) is 49.4 Å². The van der Waals surface area contributed by atoms with Gasteiger partial charge in [0, 0.05) is 16.6 Å². The van der Waals surface area contributed by atoms with Crippen molar-refractivity contribution < 1.29 is 14.0 Å². The molecule has 2 amide bonds. The van der Waals surface area contributed by atoms with Gasteiger partial charge in [-0.1, -0.05) is 22.9 Å². The molecule has 0 aliphatic carbocycles. The molecule has 0 aromatic heterocycles. The van der Waals surface area contributed by atoms with Crippen LogP contribution in [0.25, 0.3) is 0 Å². The molecule has 0 bridgehead atoms. The molecule has 0 radical (unpaired) electrons. The summed E-state index contributed by atoms with van der Waals surface area (Å²) in [5, 5.41) is 2.64. The van der Waals surface area contributed by atoms with Gasteiger partial charge in [0.25, 0.3) is 0 Å². The van der Waals surface area contributed by atoms with Crippen LogP contribution in [0.5, 0.6) is 0 Å². The lowest BCUT2D eigenvalue weighted by molar-refractivity contribution is -0.149. The van der Waals surface area contributed by atoms with Gasteiger partial charge in [0.15, 0.2) is 0 Å². The Hall–Kier alpha value is -1.43. The molecule has 0 spiro atoms. The smallest absolute Gasteiger partial charge is 0.245 e. The summed E-state index contributed by atoms with van der Waals surface area (Å²) in [6.07, 6.45) is 0.500. The zero-order chi connectivity index (χ0) is 14.9. The lowest BCUT2D eigenvalue weighted by Crippen LogP contribution is -2.61. The van der Waals surface area contributed by atoms with Crippen LogP contribution < -0.4 is 5.32 Å². The Bertz CT molecular complexity index is 550. The van der Waals surface area contributed by atoms with Gasteiger partial charge in [-0.25, -0.2) is 4.39 Å². The van der Waals surface area contributed by atoms with Gasteiger partial charge in [-0.2, -0.15) is 0 Å². The van der Waals surface area contributed by atoms with Crippen LogP contribution in [0, 0.1) is 5.82 Å². The summed E-state index contributed by atoms with van der Waals surface area (Å²) in [6.45, 7) is 3.56. The Morgan fingerprint density at radius 1 is 1.40 bits per heavy atom.